The fourth-order valence-electron chi connectivity index (χ4n) is 4.71. The Morgan fingerprint density at radius 1 is 1.20 bits per heavy atom. The van der Waals surface area contributed by atoms with Crippen molar-refractivity contribution in [2.24, 2.45) is 16.3 Å². The summed E-state index contributed by atoms with van der Waals surface area (Å²) in [6, 6.07) is 9.46. The number of nitrogens with zero attached hydrogens (tertiary/aromatic N) is 4. The Labute approximate surface area is 229 Å². The molecule has 2 atom stereocenters. The number of fused-ring (bicyclic) bond motifs is 1. The highest BCUT2D eigenvalue weighted by Gasteiger charge is 2.55. The van der Waals surface area contributed by atoms with Crippen molar-refractivity contribution >= 4 is 23.4 Å². The number of pyridine rings is 1. The molecular formula is C27H31F3N6O4. The Bertz CT molecular complexity index is 1290. The molecule has 3 amide bonds. The summed E-state index contributed by atoms with van der Waals surface area (Å²) >= 11 is 0. The van der Waals surface area contributed by atoms with Crippen molar-refractivity contribution < 1.29 is 32.3 Å². The number of aromatic nitrogens is 1. The average molecular weight is 561 g/mol. The first kappa shape index (κ1) is 29.0. The molecule has 214 valence electrons. The number of rotatable bonds is 10. The maximum atomic E-state index is 14.2. The van der Waals surface area contributed by atoms with Gasteiger partial charge in [-0.1, -0.05) is 18.2 Å². The number of likely N-dealkylation sites (tertiary alicyclic amines) is 1. The summed E-state index contributed by atoms with van der Waals surface area (Å²) in [7, 11) is 0. The number of piperidine rings is 1. The number of carbonyl (C=O) groups excluding carboxylic acids is 3. The number of halogens is 3. The number of hydrogen-bond acceptors (Lipinski definition) is 7. The number of hydrazone groups is 1. The molecule has 0 saturated carbocycles. The standard InChI is InChI=1S/C27H31F3N6O4/c1-26(2,31)24(38)33-19(15-40-20-9-4-3-8-18(20)28)23(37)35-12-10-21-27(16-35,13-17-7-5-6-11-32-17)25(39)36(34-21)14-22(29)30/h3-9,11,19,22H,10,12-16,31H2,1-2H3,(H,33,38)/t19-,27-/m1/s1. The van der Waals surface area contributed by atoms with Gasteiger partial charge in [0.05, 0.1) is 11.3 Å². The van der Waals surface area contributed by atoms with Crippen LogP contribution in [0.25, 0.3) is 0 Å². The number of nitrogens with two attached hydrogens (primary N) is 1. The van der Waals surface area contributed by atoms with Gasteiger partial charge in [-0.3, -0.25) is 19.4 Å². The molecule has 2 aliphatic heterocycles. The maximum Gasteiger partial charge on any atom is 0.258 e. The average Bonchev–Trinajstić information content (AvgIpc) is 3.16. The summed E-state index contributed by atoms with van der Waals surface area (Å²) in [6.07, 6.45) is -1.08. The Kier molecular flexibility index (Phi) is 8.43. The molecular weight excluding hydrogens is 529 g/mol. The molecule has 3 heterocycles. The van der Waals surface area contributed by atoms with Crippen molar-refractivity contribution in [3.05, 3.63) is 60.2 Å². The third kappa shape index (κ3) is 6.24. The lowest BCUT2D eigenvalue weighted by Crippen LogP contribution is -2.62. The maximum absolute atomic E-state index is 14.2. The molecule has 2 aromatic rings. The molecule has 0 radical (unpaired) electrons. The van der Waals surface area contributed by atoms with Gasteiger partial charge in [-0.05, 0) is 38.1 Å². The second kappa shape index (κ2) is 11.6. The van der Waals surface area contributed by atoms with E-state index in [9.17, 15) is 27.6 Å². The van der Waals surface area contributed by atoms with E-state index in [0.29, 0.717) is 11.4 Å². The predicted molar refractivity (Wildman–Crippen MR) is 139 cm³/mol. The van der Waals surface area contributed by atoms with Crippen molar-refractivity contribution in [2.45, 2.75) is 44.7 Å². The van der Waals surface area contributed by atoms with E-state index in [0.717, 1.165) is 5.01 Å². The number of benzene rings is 1. The summed E-state index contributed by atoms with van der Waals surface area (Å²) in [5.41, 5.74) is 4.08. The first-order chi connectivity index (χ1) is 18.9. The second-order valence-corrected chi connectivity index (χ2v) is 10.4. The van der Waals surface area contributed by atoms with Crippen LogP contribution in [0.3, 0.4) is 0 Å². The van der Waals surface area contributed by atoms with Gasteiger partial charge in [-0.2, -0.15) is 5.10 Å². The van der Waals surface area contributed by atoms with Gasteiger partial charge in [0.15, 0.2) is 11.6 Å². The molecule has 0 unspecified atom stereocenters. The van der Waals surface area contributed by atoms with Crippen LogP contribution in [0.15, 0.2) is 53.8 Å². The molecule has 4 rings (SSSR count). The van der Waals surface area contributed by atoms with Gasteiger partial charge in [0.25, 0.3) is 12.3 Å². The molecule has 1 fully saturated rings. The molecule has 0 bridgehead atoms. The van der Waals surface area contributed by atoms with Crippen molar-refractivity contribution in [1.82, 2.24) is 20.2 Å². The zero-order chi connectivity index (χ0) is 29.1. The van der Waals surface area contributed by atoms with Crippen molar-refractivity contribution in [3.63, 3.8) is 0 Å². The van der Waals surface area contributed by atoms with E-state index in [1.807, 2.05) is 0 Å². The van der Waals surface area contributed by atoms with Crippen LogP contribution in [0.4, 0.5) is 13.2 Å². The van der Waals surface area contributed by atoms with Crippen LogP contribution in [0, 0.1) is 11.2 Å². The second-order valence-electron chi connectivity index (χ2n) is 10.4. The summed E-state index contributed by atoms with van der Waals surface area (Å²) in [5, 5.41) is 7.54. The van der Waals surface area contributed by atoms with E-state index >= 15 is 0 Å². The van der Waals surface area contributed by atoms with Gasteiger partial charge in [-0.15, -0.1) is 0 Å². The summed E-state index contributed by atoms with van der Waals surface area (Å²) in [6.45, 7) is 1.55. The SMILES string of the molecule is CC(C)(N)C(=O)N[C@H](COc1ccccc1F)C(=O)N1CCC2=NN(CC(F)F)C(=O)[C@]2(Cc2ccccn2)C1. The van der Waals surface area contributed by atoms with Gasteiger partial charge in [0.1, 0.15) is 24.6 Å². The molecule has 1 saturated heterocycles. The monoisotopic (exact) mass is 560 g/mol. The highest BCUT2D eigenvalue weighted by Crippen LogP contribution is 2.38. The largest absolute Gasteiger partial charge is 0.488 e. The van der Waals surface area contributed by atoms with Crippen LogP contribution in [-0.4, -0.2) is 82.6 Å². The highest BCUT2D eigenvalue weighted by atomic mass is 19.3. The van der Waals surface area contributed by atoms with Crippen LogP contribution in [0.2, 0.25) is 0 Å². The van der Waals surface area contributed by atoms with Crippen LogP contribution >= 0.6 is 0 Å². The van der Waals surface area contributed by atoms with E-state index in [1.165, 1.54) is 36.9 Å². The minimum absolute atomic E-state index is 0.0353. The third-order valence-corrected chi connectivity index (χ3v) is 6.78. The summed E-state index contributed by atoms with van der Waals surface area (Å²) in [5.74, 6) is -2.67. The van der Waals surface area contributed by atoms with E-state index in [2.05, 4.69) is 15.4 Å². The van der Waals surface area contributed by atoms with E-state index in [-0.39, 0.29) is 31.7 Å². The van der Waals surface area contributed by atoms with Gasteiger partial charge in [0, 0.05) is 37.8 Å². The normalized spacial score (nSPS) is 19.8. The Morgan fingerprint density at radius 2 is 1.93 bits per heavy atom. The smallest absolute Gasteiger partial charge is 0.258 e. The van der Waals surface area contributed by atoms with Crippen LogP contribution in [0.5, 0.6) is 5.75 Å². The van der Waals surface area contributed by atoms with Crippen LogP contribution in [-0.2, 0) is 20.8 Å². The first-order valence-corrected chi connectivity index (χ1v) is 12.7. The Hall–Kier alpha value is -4.00. The summed E-state index contributed by atoms with van der Waals surface area (Å²) < 4.78 is 46.2. The number of nitrogens with one attached hydrogen (secondary N) is 1. The molecule has 10 nitrogen and oxygen atoms in total. The molecule has 40 heavy (non-hydrogen) atoms. The fraction of sp³-hybridized carbons (Fsp3) is 0.444. The minimum atomic E-state index is -2.80. The Morgan fingerprint density at radius 3 is 2.58 bits per heavy atom. The van der Waals surface area contributed by atoms with E-state index < -0.39 is 60.1 Å². The lowest BCUT2D eigenvalue weighted by Gasteiger charge is -2.40. The van der Waals surface area contributed by atoms with Crippen LogP contribution < -0.4 is 15.8 Å². The zero-order valence-electron chi connectivity index (χ0n) is 22.1. The predicted octanol–water partition coefficient (Wildman–Crippen LogP) is 1.75. The molecule has 1 aromatic heterocycles. The topological polar surface area (TPSA) is 130 Å². The van der Waals surface area contributed by atoms with Gasteiger partial charge < -0.3 is 20.7 Å². The quantitative estimate of drug-likeness (QED) is 0.456. The van der Waals surface area contributed by atoms with Crippen molar-refractivity contribution in [3.8, 4) is 5.75 Å². The fourth-order valence-corrected chi connectivity index (χ4v) is 4.71. The molecule has 0 spiro atoms. The summed E-state index contributed by atoms with van der Waals surface area (Å²) in [4.78, 5) is 45.8. The van der Waals surface area contributed by atoms with Crippen molar-refractivity contribution in [2.75, 3.05) is 26.2 Å². The van der Waals surface area contributed by atoms with Crippen LogP contribution in [0.1, 0.15) is 26.0 Å². The molecule has 3 N–H and O–H groups in total. The number of ether oxygens (including phenoxy) is 1. The lowest BCUT2D eigenvalue weighted by atomic mass is 9.74. The molecule has 13 heteroatoms. The van der Waals surface area contributed by atoms with Gasteiger partial charge >= 0.3 is 0 Å². The van der Waals surface area contributed by atoms with Gasteiger partial charge in [0.2, 0.25) is 11.8 Å². The lowest BCUT2D eigenvalue weighted by molar-refractivity contribution is -0.144. The number of hydrogen-bond donors (Lipinski definition) is 2. The minimum Gasteiger partial charge on any atom is -0.488 e. The number of carbonyl (C=O) groups is 3. The number of amides is 3. The molecule has 1 aromatic carbocycles. The first-order valence-electron chi connectivity index (χ1n) is 12.7. The third-order valence-electron chi connectivity index (χ3n) is 6.78. The number of para-hydroxylation sites is 1. The highest BCUT2D eigenvalue weighted by molar-refractivity contribution is 6.13. The Balaban J connectivity index is 1.62. The zero-order valence-corrected chi connectivity index (χ0v) is 22.1. The van der Waals surface area contributed by atoms with E-state index in [1.54, 1.807) is 30.5 Å². The van der Waals surface area contributed by atoms with E-state index in [4.69, 9.17) is 10.5 Å². The van der Waals surface area contributed by atoms with Crippen molar-refractivity contribution in [1.29, 1.82) is 0 Å². The molecule has 0 aliphatic carbocycles. The number of alkyl halides is 2. The van der Waals surface area contributed by atoms with Gasteiger partial charge in [-0.25, -0.2) is 18.2 Å². The molecule has 2 aliphatic rings.